The van der Waals surface area contributed by atoms with Gasteiger partial charge in [-0.3, -0.25) is 4.79 Å². The maximum atomic E-state index is 12.6. The molecule has 0 heterocycles. The largest absolute Gasteiger partial charge is 0.378 e. The molecule has 160 valence electrons. The molecule has 6 nitrogen and oxygen atoms in total. The summed E-state index contributed by atoms with van der Waals surface area (Å²) < 4.78 is 30.6. The Bertz CT molecular complexity index is 1220. The first-order valence-corrected chi connectivity index (χ1v) is 11.2. The minimum atomic E-state index is -4.02. The number of nitrogens with one attached hydrogen (secondary N) is 1. The normalized spacial score (nSPS) is 11.5. The number of carbonyl (C=O) groups excluding carboxylic acids is 1. The van der Waals surface area contributed by atoms with Gasteiger partial charge in [-0.1, -0.05) is 47.5 Å². The van der Waals surface area contributed by atoms with Gasteiger partial charge in [0.05, 0.1) is 12.6 Å². The molecule has 0 aliphatic rings. The van der Waals surface area contributed by atoms with Gasteiger partial charge in [-0.05, 0) is 61.4 Å². The van der Waals surface area contributed by atoms with Gasteiger partial charge in [0.1, 0.15) is 4.90 Å². The van der Waals surface area contributed by atoms with Crippen LogP contribution in [0.2, 0.25) is 5.02 Å². The summed E-state index contributed by atoms with van der Waals surface area (Å²) in [6, 6.07) is 18.4. The zero-order chi connectivity index (χ0) is 22.4. The van der Waals surface area contributed by atoms with Crippen molar-refractivity contribution in [3.63, 3.8) is 0 Å². The van der Waals surface area contributed by atoms with Crippen LogP contribution in [0, 0.1) is 13.8 Å². The first kappa shape index (κ1) is 22.5. The van der Waals surface area contributed by atoms with E-state index in [4.69, 9.17) is 15.8 Å². The van der Waals surface area contributed by atoms with Crippen molar-refractivity contribution < 1.29 is 17.4 Å². The van der Waals surface area contributed by atoms with E-state index in [2.05, 4.69) is 10.5 Å². The van der Waals surface area contributed by atoms with E-state index in [-0.39, 0.29) is 23.0 Å². The number of carbonyl (C=O) groups is 1. The Hall–Kier alpha value is -3.16. The zero-order valence-corrected chi connectivity index (χ0v) is 18.6. The van der Waals surface area contributed by atoms with Crippen LogP contribution in [0.3, 0.4) is 0 Å². The monoisotopic (exact) mass is 456 g/mol. The number of amides is 1. The first-order valence-electron chi connectivity index (χ1n) is 9.41. The predicted molar refractivity (Wildman–Crippen MR) is 121 cm³/mol. The summed E-state index contributed by atoms with van der Waals surface area (Å²) in [6.07, 6.45) is 1.45. The molecule has 31 heavy (non-hydrogen) atoms. The zero-order valence-electron chi connectivity index (χ0n) is 17.0. The molecule has 0 fully saturated rings. The lowest BCUT2D eigenvalue weighted by molar-refractivity contribution is -0.120. The van der Waals surface area contributed by atoms with Gasteiger partial charge in [0.2, 0.25) is 5.91 Å². The predicted octanol–water partition coefficient (Wildman–Crippen LogP) is 4.42. The third kappa shape index (κ3) is 6.41. The SMILES string of the molecule is Cc1ccc(S(=O)(=O)Oc2cc(C)ccc2/C=N\NC(=O)Cc2cccc(Cl)c2)cc1. The second-order valence-corrected chi connectivity index (χ2v) is 8.97. The van der Waals surface area contributed by atoms with Gasteiger partial charge in [0.25, 0.3) is 0 Å². The number of hydrazone groups is 1. The number of rotatable bonds is 7. The van der Waals surface area contributed by atoms with Gasteiger partial charge in [0, 0.05) is 10.6 Å². The van der Waals surface area contributed by atoms with Crippen LogP contribution in [-0.4, -0.2) is 20.5 Å². The van der Waals surface area contributed by atoms with Crippen molar-refractivity contribution in [2.75, 3.05) is 0 Å². The van der Waals surface area contributed by atoms with Crippen LogP contribution in [0.4, 0.5) is 0 Å². The third-order valence-corrected chi connectivity index (χ3v) is 5.81. The Morgan fingerprint density at radius 2 is 1.74 bits per heavy atom. The molecule has 0 bridgehead atoms. The Labute approximate surface area is 186 Å². The van der Waals surface area contributed by atoms with Crippen LogP contribution < -0.4 is 9.61 Å². The molecule has 1 N–H and O–H groups in total. The molecular weight excluding hydrogens is 436 g/mol. The second-order valence-electron chi connectivity index (χ2n) is 6.99. The van der Waals surface area contributed by atoms with E-state index in [1.54, 1.807) is 54.6 Å². The fourth-order valence-electron chi connectivity index (χ4n) is 2.74. The van der Waals surface area contributed by atoms with Gasteiger partial charge in [0.15, 0.2) is 5.75 Å². The maximum absolute atomic E-state index is 12.6. The quantitative estimate of drug-likeness (QED) is 0.324. The average molecular weight is 457 g/mol. The van der Waals surface area contributed by atoms with Crippen LogP contribution in [0.15, 0.2) is 76.7 Å². The van der Waals surface area contributed by atoms with Crippen molar-refractivity contribution >= 4 is 33.8 Å². The molecule has 0 saturated heterocycles. The lowest BCUT2D eigenvalue weighted by atomic mass is 10.1. The highest BCUT2D eigenvalue weighted by Gasteiger charge is 2.18. The Balaban J connectivity index is 1.73. The number of hydrogen-bond acceptors (Lipinski definition) is 5. The summed E-state index contributed by atoms with van der Waals surface area (Å²) in [5.41, 5.74) is 5.34. The van der Waals surface area contributed by atoms with Crippen LogP contribution in [0.1, 0.15) is 22.3 Å². The fraction of sp³-hybridized carbons (Fsp3) is 0.130. The smallest absolute Gasteiger partial charge is 0.339 e. The topological polar surface area (TPSA) is 84.8 Å². The van der Waals surface area contributed by atoms with E-state index in [0.717, 1.165) is 16.7 Å². The average Bonchev–Trinajstić information content (AvgIpc) is 2.70. The van der Waals surface area contributed by atoms with E-state index in [1.807, 2.05) is 13.8 Å². The molecule has 0 unspecified atom stereocenters. The van der Waals surface area contributed by atoms with Crippen molar-refractivity contribution in [1.82, 2.24) is 5.43 Å². The maximum Gasteiger partial charge on any atom is 0.339 e. The highest BCUT2D eigenvalue weighted by molar-refractivity contribution is 7.87. The van der Waals surface area contributed by atoms with Crippen molar-refractivity contribution in [1.29, 1.82) is 0 Å². The molecular formula is C23H21ClN2O4S. The first-order chi connectivity index (χ1) is 14.7. The van der Waals surface area contributed by atoms with E-state index >= 15 is 0 Å². The Morgan fingerprint density at radius 3 is 2.45 bits per heavy atom. The number of halogens is 1. The number of aryl methyl sites for hydroxylation is 2. The summed E-state index contributed by atoms with van der Waals surface area (Å²) >= 11 is 5.92. The van der Waals surface area contributed by atoms with Crippen molar-refractivity contribution in [2.24, 2.45) is 5.10 Å². The highest BCUT2D eigenvalue weighted by atomic mass is 35.5. The van der Waals surface area contributed by atoms with Crippen LogP contribution >= 0.6 is 11.6 Å². The van der Waals surface area contributed by atoms with Crippen LogP contribution in [-0.2, 0) is 21.3 Å². The number of nitrogens with zero attached hydrogens (tertiary/aromatic N) is 1. The molecule has 0 spiro atoms. The lowest BCUT2D eigenvalue weighted by Gasteiger charge is -2.10. The molecule has 3 rings (SSSR count). The molecule has 0 aliphatic carbocycles. The van der Waals surface area contributed by atoms with Crippen LogP contribution in [0.5, 0.6) is 5.75 Å². The summed E-state index contributed by atoms with van der Waals surface area (Å²) in [5.74, 6) is -0.214. The molecule has 0 saturated carbocycles. The Kier molecular flexibility index (Phi) is 7.09. The molecule has 0 radical (unpaired) electrons. The summed E-state index contributed by atoms with van der Waals surface area (Å²) in [4.78, 5) is 12.2. The summed E-state index contributed by atoms with van der Waals surface area (Å²) in [7, 11) is -4.02. The van der Waals surface area contributed by atoms with E-state index in [1.165, 1.54) is 18.3 Å². The van der Waals surface area contributed by atoms with Crippen molar-refractivity contribution in [3.8, 4) is 5.75 Å². The molecule has 0 aromatic heterocycles. The van der Waals surface area contributed by atoms with E-state index in [0.29, 0.717) is 10.6 Å². The lowest BCUT2D eigenvalue weighted by Crippen LogP contribution is -2.19. The molecule has 1 amide bonds. The highest BCUT2D eigenvalue weighted by Crippen LogP contribution is 2.24. The van der Waals surface area contributed by atoms with Gasteiger partial charge < -0.3 is 4.18 Å². The van der Waals surface area contributed by atoms with Crippen molar-refractivity contribution in [2.45, 2.75) is 25.2 Å². The molecule has 0 aliphatic heterocycles. The molecule has 3 aromatic rings. The third-order valence-electron chi connectivity index (χ3n) is 4.32. The minimum absolute atomic E-state index is 0.0531. The van der Waals surface area contributed by atoms with Crippen molar-refractivity contribution in [3.05, 3.63) is 94.0 Å². The fourth-order valence-corrected chi connectivity index (χ4v) is 3.90. The number of hydrogen-bond donors (Lipinski definition) is 1. The molecule has 3 aromatic carbocycles. The summed E-state index contributed by atoms with van der Waals surface area (Å²) in [5, 5.41) is 4.48. The van der Waals surface area contributed by atoms with E-state index < -0.39 is 10.1 Å². The van der Waals surface area contributed by atoms with Gasteiger partial charge in [-0.25, -0.2) is 5.43 Å². The second kappa shape index (κ2) is 9.76. The molecule has 8 heteroatoms. The van der Waals surface area contributed by atoms with Gasteiger partial charge in [-0.15, -0.1) is 0 Å². The number of benzene rings is 3. The van der Waals surface area contributed by atoms with Gasteiger partial charge in [-0.2, -0.15) is 13.5 Å². The van der Waals surface area contributed by atoms with Gasteiger partial charge >= 0.3 is 10.1 Å². The summed E-state index contributed by atoms with van der Waals surface area (Å²) in [6.45, 7) is 3.69. The van der Waals surface area contributed by atoms with E-state index in [9.17, 15) is 13.2 Å². The Morgan fingerprint density at radius 1 is 1.03 bits per heavy atom. The minimum Gasteiger partial charge on any atom is -0.378 e. The van der Waals surface area contributed by atoms with Crippen LogP contribution in [0.25, 0.3) is 0 Å². The standard InChI is InChI=1S/C23H21ClN2O4S/c1-16-7-10-21(11-8-16)31(28,29)30-22-12-17(2)6-9-19(22)15-25-26-23(27)14-18-4-3-5-20(24)13-18/h3-13,15H,14H2,1-2H3,(H,26,27)/b25-15-. The molecule has 0 atom stereocenters.